The Labute approximate surface area is 163 Å². The van der Waals surface area contributed by atoms with E-state index in [9.17, 15) is 9.59 Å². The lowest BCUT2D eigenvalue weighted by Crippen LogP contribution is -2.52. The first-order chi connectivity index (χ1) is 11.8. The van der Waals surface area contributed by atoms with Crippen molar-refractivity contribution in [2.45, 2.75) is 31.3 Å². The number of amides is 2. The van der Waals surface area contributed by atoms with Crippen LogP contribution in [-0.2, 0) is 4.79 Å². The summed E-state index contributed by atoms with van der Waals surface area (Å²) in [7, 11) is 3.51. The van der Waals surface area contributed by atoms with Gasteiger partial charge in [0, 0.05) is 48.0 Å². The van der Waals surface area contributed by atoms with Gasteiger partial charge in [-0.1, -0.05) is 11.6 Å². The van der Waals surface area contributed by atoms with Gasteiger partial charge in [-0.3, -0.25) is 9.59 Å². The standard InChI is InChI=1S/C18H23ClN4O2.ClH/c1-23(2)18(25)10-3-5-15(13(20)8-10)22-17(24)16-9-11-7-12(19)4-6-14(11)21-16;/h4,6-7,9-10,13,15,21H,3,5,8,20H2,1-2H3,(H,22,24);1H/t10-,13-,15-;/m0./s1. The fourth-order valence-electron chi connectivity index (χ4n) is 3.45. The van der Waals surface area contributed by atoms with Gasteiger partial charge in [-0.25, -0.2) is 0 Å². The molecular weight excluding hydrogens is 375 g/mol. The van der Waals surface area contributed by atoms with Crippen molar-refractivity contribution in [1.29, 1.82) is 0 Å². The Kier molecular flexibility index (Phi) is 6.55. The lowest BCUT2D eigenvalue weighted by molar-refractivity contribution is -0.134. The average molecular weight is 399 g/mol. The molecule has 1 aromatic heterocycles. The molecule has 0 saturated heterocycles. The van der Waals surface area contributed by atoms with Crippen LogP contribution < -0.4 is 11.1 Å². The number of halogens is 2. The van der Waals surface area contributed by atoms with Gasteiger partial charge in [0.05, 0.1) is 0 Å². The van der Waals surface area contributed by atoms with Gasteiger partial charge in [-0.2, -0.15) is 0 Å². The molecule has 1 aromatic carbocycles. The number of carbonyl (C=O) groups excluding carboxylic acids is 2. The van der Waals surface area contributed by atoms with E-state index in [1.54, 1.807) is 31.1 Å². The molecule has 1 aliphatic carbocycles. The highest BCUT2D eigenvalue weighted by Crippen LogP contribution is 2.26. The van der Waals surface area contributed by atoms with Crippen molar-refractivity contribution in [2.75, 3.05) is 14.1 Å². The molecular formula is C18H24Cl2N4O2. The average Bonchev–Trinajstić information content (AvgIpc) is 2.99. The van der Waals surface area contributed by atoms with E-state index >= 15 is 0 Å². The third kappa shape index (κ3) is 4.31. The summed E-state index contributed by atoms with van der Waals surface area (Å²) < 4.78 is 0. The summed E-state index contributed by atoms with van der Waals surface area (Å²) in [5.74, 6) is -0.147. The van der Waals surface area contributed by atoms with E-state index in [1.807, 2.05) is 12.1 Å². The fourth-order valence-corrected chi connectivity index (χ4v) is 3.63. The number of nitrogens with zero attached hydrogens (tertiary/aromatic N) is 1. The summed E-state index contributed by atoms with van der Waals surface area (Å²) in [5, 5.41) is 4.52. The van der Waals surface area contributed by atoms with Crippen LogP contribution in [0.15, 0.2) is 24.3 Å². The summed E-state index contributed by atoms with van der Waals surface area (Å²) in [5.41, 5.74) is 7.56. The van der Waals surface area contributed by atoms with Crippen LogP contribution in [0.2, 0.25) is 5.02 Å². The van der Waals surface area contributed by atoms with Crippen LogP contribution in [0.4, 0.5) is 0 Å². The number of carbonyl (C=O) groups is 2. The number of rotatable bonds is 3. The molecule has 0 aliphatic heterocycles. The predicted molar refractivity (Wildman–Crippen MR) is 106 cm³/mol. The Morgan fingerprint density at radius 2 is 2.00 bits per heavy atom. The van der Waals surface area contributed by atoms with Gasteiger partial charge in [0.15, 0.2) is 0 Å². The number of hydrogen-bond acceptors (Lipinski definition) is 3. The molecule has 26 heavy (non-hydrogen) atoms. The van der Waals surface area contributed by atoms with Gasteiger partial charge < -0.3 is 20.9 Å². The highest BCUT2D eigenvalue weighted by Gasteiger charge is 2.33. The number of benzene rings is 1. The van der Waals surface area contributed by atoms with Crippen molar-refractivity contribution >= 4 is 46.7 Å². The van der Waals surface area contributed by atoms with Crippen LogP contribution in [-0.4, -0.2) is 47.9 Å². The summed E-state index contributed by atoms with van der Waals surface area (Å²) in [4.78, 5) is 29.3. The Morgan fingerprint density at radius 3 is 2.65 bits per heavy atom. The quantitative estimate of drug-likeness (QED) is 0.741. The first-order valence-corrected chi connectivity index (χ1v) is 8.79. The van der Waals surface area contributed by atoms with Gasteiger partial charge in [-0.15, -0.1) is 12.4 Å². The minimum atomic E-state index is -0.231. The van der Waals surface area contributed by atoms with Crippen molar-refractivity contribution in [2.24, 2.45) is 11.7 Å². The molecule has 3 rings (SSSR count). The van der Waals surface area contributed by atoms with Crippen molar-refractivity contribution < 1.29 is 9.59 Å². The van der Waals surface area contributed by atoms with Crippen molar-refractivity contribution in [3.8, 4) is 0 Å². The summed E-state index contributed by atoms with van der Waals surface area (Å²) in [6.07, 6.45) is 2.02. The van der Waals surface area contributed by atoms with E-state index in [4.69, 9.17) is 17.3 Å². The highest BCUT2D eigenvalue weighted by atomic mass is 35.5. The monoisotopic (exact) mass is 398 g/mol. The fraction of sp³-hybridized carbons (Fsp3) is 0.444. The Bertz CT molecular complexity index is 806. The summed E-state index contributed by atoms with van der Waals surface area (Å²) in [6.45, 7) is 0. The first kappa shape index (κ1) is 20.6. The van der Waals surface area contributed by atoms with Crippen LogP contribution in [0.3, 0.4) is 0 Å². The molecule has 2 aromatic rings. The maximum absolute atomic E-state index is 12.5. The SMILES string of the molecule is CN(C)C(=O)[C@H]1CC[C@H](NC(=O)c2cc3cc(Cl)ccc3[nH]2)[C@@H](N)C1.Cl. The van der Waals surface area contributed by atoms with Crippen LogP contribution in [0.25, 0.3) is 10.9 Å². The third-order valence-corrected chi connectivity index (χ3v) is 5.07. The third-order valence-electron chi connectivity index (χ3n) is 4.83. The van der Waals surface area contributed by atoms with Crippen LogP contribution in [0.1, 0.15) is 29.8 Å². The number of hydrogen-bond donors (Lipinski definition) is 3. The molecule has 1 fully saturated rings. The Morgan fingerprint density at radius 1 is 1.27 bits per heavy atom. The topological polar surface area (TPSA) is 91.2 Å². The molecule has 0 unspecified atom stereocenters. The molecule has 1 heterocycles. The summed E-state index contributed by atoms with van der Waals surface area (Å²) >= 11 is 5.98. The number of nitrogens with one attached hydrogen (secondary N) is 2. The van der Waals surface area contributed by atoms with E-state index in [-0.39, 0.29) is 42.2 Å². The number of aromatic nitrogens is 1. The van der Waals surface area contributed by atoms with Crippen LogP contribution in [0, 0.1) is 5.92 Å². The highest BCUT2D eigenvalue weighted by molar-refractivity contribution is 6.31. The molecule has 0 spiro atoms. The van der Waals surface area contributed by atoms with E-state index < -0.39 is 0 Å². The van der Waals surface area contributed by atoms with E-state index in [0.29, 0.717) is 23.6 Å². The van der Waals surface area contributed by atoms with Crippen LogP contribution in [0.5, 0.6) is 0 Å². The van der Waals surface area contributed by atoms with Gasteiger partial charge in [-0.05, 0) is 43.5 Å². The van der Waals surface area contributed by atoms with Gasteiger partial charge >= 0.3 is 0 Å². The minimum Gasteiger partial charge on any atom is -0.351 e. The maximum Gasteiger partial charge on any atom is 0.268 e. The van der Waals surface area contributed by atoms with Crippen LogP contribution >= 0.6 is 24.0 Å². The molecule has 142 valence electrons. The number of nitrogens with two attached hydrogens (primary N) is 1. The molecule has 1 aliphatic rings. The van der Waals surface area contributed by atoms with Crippen molar-refractivity contribution in [3.05, 3.63) is 35.0 Å². The Hall–Kier alpha value is -1.76. The zero-order valence-corrected chi connectivity index (χ0v) is 16.4. The van der Waals surface area contributed by atoms with Crippen molar-refractivity contribution in [3.63, 3.8) is 0 Å². The minimum absolute atomic E-state index is 0. The molecule has 0 bridgehead atoms. The zero-order valence-electron chi connectivity index (χ0n) is 14.8. The second-order valence-corrected chi connectivity index (χ2v) is 7.34. The number of fused-ring (bicyclic) bond motifs is 1. The molecule has 3 atom stereocenters. The van der Waals surface area contributed by atoms with E-state index in [2.05, 4.69) is 10.3 Å². The molecule has 0 radical (unpaired) electrons. The summed E-state index contributed by atoms with van der Waals surface area (Å²) in [6, 6.07) is 6.86. The molecule has 4 N–H and O–H groups in total. The van der Waals surface area contributed by atoms with Gasteiger partial charge in [0.1, 0.15) is 5.69 Å². The zero-order chi connectivity index (χ0) is 18.1. The predicted octanol–water partition coefficient (Wildman–Crippen LogP) is 2.56. The van der Waals surface area contributed by atoms with Gasteiger partial charge in [0.2, 0.25) is 5.91 Å². The Balaban J connectivity index is 0.00000243. The largest absolute Gasteiger partial charge is 0.351 e. The van der Waals surface area contributed by atoms with E-state index in [0.717, 1.165) is 17.3 Å². The second kappa shape index (κ2) is 8.29. The lowest BCUT2D eigenvalue weighted by Gasteiger charge is -2.34. The lowest BCUT2D eigenvalue weighted by atomic mass is 9.82. The smallest absolute Gasteiger partial charge is 0.268 e. The van der Waals surface area contributed by atoms with E-state index in [1.165, 1.54) is 0 Å². The van der Waals surface area contributed by atoms with Gasteiger partial charge in [0.25, 0.3) is 5.91 Å². The maximum atomic E-state index is 12.5. The first-order valence-electron chi connectivity index (χ1n) is 8.41. The second-order valence-electron chi connectivity index (χ2n) is 6.90. The number of H-pyrrole nitrogens is 1. The molecule has 1 saturated carbocycles. The molecule has 2 amide bonds. The normalized spacial score (nSPS) is 22.5. The number of aromatic amines is 1. The molecule has 6 nitrogen and oxygen atoms in total. The van der Waals surface area contributed by atoms with Crippen molar-refractivity contribution in [1.82, 2.24) is 15.2 Å². The molecule has 8 heteroatoms.